The Morgan fingerprint density at radius 2 is 1.86 bits per heavy atom. The van der Waals surface area contributed by atoms with Crippen molar-refractivity contribution >= 4 is 17.6 Å². The molecule has 2 amide bonds. The lowest BCUT2D eigenvalue weighted by atomic mass is 9.80. The molecular weight excluding hydrogens is 455 g/mol. The Labute approximate surface area is 213 Å². The summed E-state index contributed by atoms with van der Waals surface area (Å²) >= 11 is 0. The average Bonchev–Trinajstić information content (AvgIpc) is 3.12. The van der Waals surface area contributed by atoms with Crippen LogP contribution in [0.2, 0.25) is 0 Å². The van der Waals surface area contributed by atoms with Crippen molar-refractivity contribution in [3.05, 3.63) is 59.9 Å². The number of aliphatic imine (C=N–C) groups is 1. The molecule has 0 saturated carbocycles. The van der Waals surface area contributed by atoms with Gasteiger partial charge in [0.1, 0.15) is 22.9 Å². The van der Waals surface area contributed by atoms with E-state index >= 15 is 0 Å². The lowest BCUT2D eigenvalue weighted by molar-refractivity contribution is 0.118. The molecule has 2 fully saturated rings. The third kappa shape index (κ3) is 4.85. The molecule has 0 N–H and O–H groups in total. The van der Waals surface area contributed by atoms with Crippen molar-refractivity contribution in [1.29, 1.82) is 0 Å². The number of urea groups is 1. The van der Waals surface area contributed by atoms with Crippen molar-refractivity contribution in [3.63, 3.8) is 0 Å². The zero-order chi connectivity index (χ0) is 25.3. The minimum absolute atomic E-state index is 0.134. The second-order valence-corrected chi connectivity index (χ2v) is 10.7. The van der Waals surface area contributed by atoms with Crippen LogP contribution in [0.15, 0.2) is 53.5 Å². The molecule has 3 heterocycles. The Morgan fingerprint density at radius 3 is 2.58 bits per heavy atom. The van der Waals surface area contributed by atoms with Gasteiger partial charge >= 0.3 is 6.03 Å². The lowest BCUT2D eigenvalue weighted by Gasteiger charge is -2.50. The molecule has 0 unspecified atom stereocenters. The maximum atomic E-state index is 14.2. The fraction of sp³-hybridized carbons (Fsp3) is 0.517. The Kier molecular flexibility index (Phi) is 7.02. The van der Waals surface area contributed by atoms with Crippen molar-refractivity contribution in [2.45, 2.75) is 77.1 Å². The minimum Gasteiger partial charge on any atom is -0.491 e. The molecule has 5 rings (SSSR count). The first-order chi connectivity index (χ1) is 17.4. The summed E-state index contributed by atoms with van der Waals surface area (Å²) in [6.45, 7) is 9.78. The first-order valence-electron chi connectivity index (χ1n) is 13.3. The quantitative estimate of drug-likeness (QED) is 0.525. The fourth-order valence-electron chi connectivity index (χ4n) is 6.10. The summed E-state index contributed by atoms with van der Waals surface area (Å²) in [5, 5.41) is 0. The highest BCUT2D eigenvalue weighted by molar-refractivity contribution is 6.16. The number of likely N-dealkylation sites (tertiary alicyclic amines) is 2. The summed E-state index contributed by atoms with van der Waals surface area (Å²) in [5.41, 5.74) is 1.25. The summed E-state index contributed by atoms with van der Waals surface area (Å²) in [4.78, 5) is 24.6. The van der Waals surface area contributed by atoms with E-state index in [4.69, 9.17) is 4.74 Å². The number of amides is 2. The van der Waals surface area contributed by atoms with E-state index in [1.54, 1.807) is 11.0 Å². The van der Waals surface area contributed by atoms with Gasteiger partial charge in [-0.3, -0.25) is 9.80 Å². The van der Waals surface area contributed by atoms with E-state index in [-0.39, 0.29) is 24.0 Å². The Balaban J connectivity index is 1.42. The van der Waals surface area contributed by atoms with Crippen LogP contribution in [-0.2, 0) is 6.54 Å². The van der Waals surface area contributed by atoms with Crippen LogP contribution in [0, 0.1) is 5.82 Å². The van der Waals surface area contributed by atoms with Gasteiger partial charge in [0, 0.05) is 37.9 Å². The van der Waals surface area contributed by atoms with E-state index in [0.29, 0.717) is 5.69 Å². The molecular formula is C29H37FN4O2. The molecule has 36 heavy (non-hydrogen) atoms. The number of rotatable bonds is 5. The molecule has 3 aliphatic heterocycles. The zero-order valence-corrected chi connectivity index (χ0v) is 21.6. The second kappa shape index (κ2) is 10.2. The molecule has 1 spiro atoms. The Hall–Kier alpha value is -2.93. The van der Waals surface area contributed by atoms with Crippen molar-refractivity contribution in [2.24, 2.45) is 4.99 Å². The molecule has 0 aromatic heterocycles. The average molecular weight is 493 g/mol. The second-order valence-electron chi connectivity index (χ2n) is 10.7. The lowest BCUT2D eigenvalue weighted by Crippen LogP contribution is -2.63. The maximum absolute atomic E-state index is 14.2. The smallest absolute Gasteiger partial charge is 0.350 e. The summed E-state index contributed by atoms with van der Waals surface area (Å²) in [5.74, 6) is 1.44. The number of carbonyl (C=O) groups excluding carboxylic acids is 1. The van der Waals surface area contributed by atoms with Crippen LogP contribution in [0.3, 0.4) is 0 Å². The van der Waals surface area contributed by atoms with Crippen molar-refractivity contribution in [3.8, 4) is 5.75 Å². The van der Waals surface area contributed by atoms with E-state index in [2.05, 4.69) is 33.8 Å². The van der Waals surface area contributed by atoms with Gasteiger partial charge in [-0.15, -0.1) is 0 Å². The van der Waals surface area contributed by atoms with Gasteiger partial charge in [-0.2, -0.15) is 4.99 Å². The SMILES string of the molecule is CC(C)Oc1cccc(CN2CC[C@@]3(C[C@@H]2C)C(N2CCCCC2)=NC(=O)N3c2cccc(F)c2)c1. The monoisotopic (exact) mass is 492 g/mol. The van der Waals surface area contributed by atoms with Crippen LogP contribution in [0.4, 0.5) is 14.9 Å². The number of hydrogen-bond donors (Lipinski definition) is 0. The van der Waals surface area contributed by atoms with Crippen LogP contribution in [-0.4, -0.2) is 59.0 Å². The summed E-state index contributed by atoms with van der Waals surface area (Å²) in [6, 6.07) is 14.6. The van der Waals surface area contributed by atoms with Gasteiger partial charge in [-0.1, -0.05) is 18.2 Å². The number of carbonyl (C=O) groups is 1. The molecule has 192 valence electrons. The van der Waals surface area contributed by atoms with Gasteiger partial charge in [0.2, 0.25) is 0 Å². The number of amidine groups is 1. The standard InChI is InChI=1S/C29H37FN4O2/c1-21(2)36-26-12-7-9-23(17-26)20-33-16-13-29(19-22(33)3)27(32-14-5-4-6-15-32)31-28(35)34(29)25-11-8-10-24(30)18-25/h7-12,17-18,21-22H,4-6,13-16,19-20H2,1-3H3/t22-,29+/m0/s1. The number of benzene rings is 2. The molecule has 0 radical (unpaired) electrons. The highest BCUT2D eigenvalue weighted by Crippen LogP contribution is 2.43. The van der Waals surface area contributed by atoms with E-state index in [0.717, 1.165) is 63.4 Å². The molecule has 0 bridgehead atoms. The highest BCUT2D eigenvalue weighted by Gasteiger charge is 2.55. The first-order valence-corrected chi connectivity index (χ1v) is 13.3. The van der Waals surface area contributed by atoms with E-state index < -0.39 is 5.54 Å². The van der Waals surface area contributed by atoms with E-state index in [1.165, 1.54) is 24.1 Å². The summed E-state index contributed by atoms with van der Waals surface area (Å²) in [7, 11) is 0. The number of nitrogens with zero attached hydrogens (tertiary/aromatic N) is 4. The normalized spacial score (nSPS) is 25.1. The van der Waals surface area contributed by atoms with Gasteiger partial charge < -0.3 is 9.64 Å². The molecule has 6 nitrogen and oxygen atoms in total. The predicted molar refractivity (Wildman–Crippen MR) is 141 cm³/mol. The number of halogens is 1. The van der Waals surface area contributed by atoms with Crippen LogP contribution >= 0.6 is 0 Å². The van der Waals surface area contributed by atoms with E-state index in [9.17, 15) is 9.18 Å². The van der Waals surface area contributed by atoms with Gasteiger partial charge in [0.05, 0.1) is 6.10 Å². The number of ether oxygens (including phenoxy) is 1. The molecule has 3 aliphatic rings. The van der Waals surface area contributed by atoms with Crippen LogP contribution in [0.5, 0.6) is 5.75 Å². The molecule has 2 aromatic rings. The minimum atomic E-state index is -0.555. The van der Waals surface area contributed by atoms with Crippen LogP contribution in [0.1, 0.15) is 58.4 Å². The van der Waals surface area contributed by atoms with Crippen molar-refractivity contribution in [1.82, 2.24) is 9.80 Å². The fourth-order valence-corrected chi connectivity index (χ4v) is 6.10. The van der Waals surface area contributed by atoms with Crippen molar-refractivity contribution in [2.75, 3.05) is 24.5 Å². The summed E-state index contributed by atoms with van der Waals surface area (Å²) < 4.78 is 20.1. The van der Waals surface area contributed by atoms with Gasteiger partial charge in [0.25, 0.3) is 0 Å². The topological polar surface area (TPSA) is 48.4 Å². The Bertz CT molecular complexity index is 1130. The van der Waals surface area contributed by atoms with Crippen molar-refractivity contribution < 1.29 is 13.9 Å². The first kappa shape index (κ1) is 24.8. The number of piperidine rings is 2. The zero-order valence-electron chi connectivity index (χ0n) is 21.6. The molecule has 7 heteroatoms. The maximum Gasteiger partial charge on any atom is 0.350 e. The third-order valence-corrected chi connectivity index (χ3v) is 7.68. The van der Waals surface area contributed by atoms with Crippen LogP contribution in [0.25, 0.3) is 0 Å². The predicted octanol–water partition coefficient (Wildman–Crippen LogP) is 5.86. The highest BCUT2D eigenvalue weighted by atomic mass is 19.1. The van der Waals surface area contributed by atoms with Crippen LogP contribution < -0.4 is 9.64 Å². The number of anilines is 1. The van der Waals surface area contributed by atoms with Gasteiger partial charge in [0.15, 0.2) is 0 Å². The van der Waals surface area contributed by atoms with Gasteiger partial charge in [-0.05, 0) is 88.8 Å². The summed E-state index contributed by atoms with van der Waals surface area (Å²) in [6.07, 6.45) is 5.08. The largest absolute Gasteiger partial charge is 0.491 e. The Morgan fingerprint density at radius 1 is 1.08 bits per heavy atom. The van der Waals surface area contributed by atoms with E-state index in [1.807, 2.05) is 32.0 Å². The van der Waals surface area contributed by atoms with Gasteiger partial charge in [-0.25, -0.2) is 9.18 Å². The molecule has 2 saturated heterocycles. The molecule has 0 aliphatic carbocycles. The number of hydrogen-bond acceptors (Lipinski definition) is 4. The third-order valence-electron chi connectivity index (χ3n) is 7.68. The molecule has 2 atom stereocenters. The molecule has 2 aromatic carbocycles.